The number of allylic oxidation sites excluding steroid dienone is 1. The van der Waals surface area contributed by atoms with Crippen LogP contribution in [0.5, 0.6) is 0 Å². The molecule has 8 heavy (non-hydrogen) atoms. The Labute approximate surface area is 62.8 Å². The predicted octanol–water partition coefficient (Wildman–Crippen LogP) is 1.42. The van der Waals surface area contributed by atoms with Crippen LogP contribution in [0.3, 0.4) is 0 Å². The van der Waals surface area contributed by atoms with Gasteiger partial charge < -0.3 is 0 Å². The van der Waals surface area contributed by atoms with Gasteiger partial charge in [-0.1, -0.05) is 5.57 Å². The summed E-state index contributed by atoms with van der Waals surface area (Å²) in [6.45, 7) is 3.76. The molecule has 0 rings (SSSR count). The average Bonchev–Trinajstić information content (AvgIpc) is 1.65. The van der Waals surface area contributed by atoms with Gasteiger partial charge >= 0.3 is 0 Å². The van der Waals surface area contributed by atoms with Gasteiger partial charge in [0.15, 0.2) is 0 Å². The van der Waals surface area contributed by atoms with E-state index in [1.54, 1.807) is 28.9 Å². The molecular weight excluding hydrogens is 217 g/mol. The van der Waals surface area contributed by atoms with Crippen molar-refractivity contribution in [1.82, 2.24) is 3.53 Å². The minimum atomic E-state index is -0.0504. The van der Waals surface area contributed by atoms with Crippen molar-refractivity contribution in [2.24, 2.45) is 0 Å². The second-order valence-electron chi connectivity index (χ2n) is 1.68. The highest BCUT2D eigenvalue weighted by Gasteiger charge is 1.87. The average molecular weight is 225 g/mol. The van der Waals surface area contributed by atoms with E-state index in [-0.39, 0.29) is 5.91 Å². The summed E-state index contributed by atoms with van der Waals surface area (Å²) in [5, 5.41) is 0. The fourth-order valence-electron chi connectivity index (χ4n) is 0.289. The fraction of sp³-hybridized carbons (Fsp3) is 0.400. The zero-order chi connectivity index (χ0) is 6.57. The molecule has 0 atom stereocenters. The molecule has 0 aromatic rings. The van der Waals surface area contributed by atoms with E-state index in [4.69, 9.17) is 0 Å². The Morgan fingerprint density at radius 3 is 2.25 bits per heavy atom. The van der Waals surface area contributed by atoms with Gasteiger partial charge in [0.1, 0.15) is 0 Å². The molecule has 0 aromatic carbocycles. The van der Waals surface area contributed by atoms with E-state index in [1.165, 1.54) is 0 Å². The van der Waals surface area contributed by atoms with Gasteiger partial charge in [0.25, 0.3) is 5.91 Å². The van der Waals surface area contributed by atoms with Crippen LogP contribution in [-0.4, -0.2) is 5.91 Å². The van der Waals surface area contributed by atoms with E-state index in [0.29, 0.717) is 0 Å². The molecule has 0 aromatic heterocycles. The van der Waals surface area contributed by atoms with Gasteiger partial charge in [-0.25, -0.2) is 0 Å². The highest BCUT2D eigenvalue weighted by Crippen LogP contribution is 1.87. The van der Waals surface area contributed by atoms with E-state index < -0.39 is 0 Å². The number of hydrogen-bond acceptors (Lipinski definition) is 1. The van der Waals surface area contributed by atoms with Gasteiger partial charge in [0.05, 0.1) is 22.9 Å². The molecule has 0 spiro atoms. The molecule has 0 radical (unpaired) electrons. The molecule has 3 heteroatoms. The predicted molar refractivity (Wildman–Crippen MR) is 41.6 cm³/mol. The number of rotatable bonds is 1. The number of carbonyl (C=O) groups excluding carboxylic acids is 1. The number of halogens is 1. The Hall–Kier alpha value is -0.0600. The SMILES string of the molecule is CC(C)=CC(=O)NI. The van der Waals surface area contributed by atoms with Crippen molar-refractivity contribution >= 4 is 28.8 Å². The molecule has 0 fully saturated rings. The van der Waals surface area contributed by atoms with E-state index in [1.807, 2.05) is 13.8 Å². The number of nitrogens with one attached hydrogen (secondary N) is 1. The Bertz CT molecular complexity index is 116. The molecule has 1 N–H and O–H groups in total. The lowest BCUT2D eigenvalue weighted by molar-refractivity contribution is -0.114. The summed E-state index contributed by atoms with van der Waals surface area (Å²) in [7, 11) is 0. The van der Waals surface area contributed by atoms with Crippen LogP contribution >= 0.6 is 22.9 Å². The van der Waals surface area contributed by atoms with Gasteiger partial charge in [0.2, 0.25) is 0 Å². The molecule has 0 heterocycles. The van der Waals surface area contributed by atoms with Crippen molar-refractivity contribution in [3.05, 3.63) is 11.6 Å². The third-order valence-electron chi connectivity index (χ3n) is 0.513. The summed E-state index contributed by atoms with van der Waals surface area (Å²) in [5.41, 5.74) is 1.01. The summed E-state index contributed by atoms with van der Waals surface area (Å²) in [6.07, 6.45) is 1.55. The zero-order valence-corrected chi connectivity index (χ0v) is 7.02. The molecule has 0 saturated heterocycles. The van der Waals surface area contributed by atoms with Crippen molar-refractivity contribution in [1.29, 1.82) is 0 Å². The first kappa shape index (κ1) is 7.94. The Morgan fingerprint density at radius 2 is 2.12 bits per heavy atom. The number of amides is 1. The molecule has 0 aliphatic carbocycles. The molecule has 1 amide bonds. The zero-order valence-electron chi connectivity index (χ0n) is 4.86. The van der Waals surface area contributed by atoms with Crippen molar-refractivity contribution in [2.45, 2.75) is 13.8 Å². The summed E-state index contributed by atoms with van der Waals surface area (Å²) < 4.78 is 2.45. The van der Waals surface area contributed by atoms with Crippen molar-refractivity contribution < 1.29 is 4.79 Å². The van der Waals surface area contributed by atoms with Crippen LogP contribution in [0, 0.1) is 0 Å². The maximum absolute atomic E-state index is 10.4. The van der Waals surface area contributed by atoms with Gasteiger partial charge in [0, 0.05) is 6.08 Å². The standard InChI is InChI=1S/C5H8INO/c1-4(2)3-5(8)7-6/h3H,1-2H3,(H,7,8). The van der Waals surface area contributed by atoms with Crippen LogP contribution in [0.25, 0.3) is 0 Å². The van der Waals surface area contributed by atoms with E-state index >= 15 is 0 Å². The highest BCUT2D eigenvalue weighted by atomic mass is 127. The minimum Gasteiger partial charge on any atom is -0.295 e. The highest BCUT2D eigenvalue weighted by molar-refractivity contribution is 14.1. The van der Waals surface area contributed by atoms with Crippen LogP contribution < -0.4 is 3.53 Å². The van der Waals surface area contributed by atoms with Crippen LogP contribution in [0.4, 0.5) is 0 Å². The summed E-state index contributed by atoms with van der Waals surface area (Å²) in [6, 6.07) is 0. The summed E-state index contributed by atoms with van der Waals surface area (Å²) >= 11 is 1.80. The van der Waals surface area contributed by atoms with Gasteiger partial charge in [-0.05, 0) is 13.8 Å². The van der Waals surface area contributed by atoms with Gasteiger partial charge in [-0.2, -0.15) is 0 Å². The van der Waals surface area contributed by atoms with Crippen molar-refractivity contribution in [3.8, 4) is 0 Å². The van der Waals surface area contributed by atoms with E-state index in [0.717, 1.165) is 5.57 Å². The van der Waals surface area contributed by atoms with E-state index in [9.17, 15) is 4.79 Å². The smallest absolute Gasteiger partial charge is 0.252 e. The molecule has 2 nitrogen and oxygen atoms in total. The largest absolute Gasteiger partial charge is 0.295 e. The lowest BCUT2D eigenvalue weighted by atomic mass is 10.3. The maximum Gasteiger partial charge on any atom is 0.252 e. The second kappa shape index (κ2) is 3.88. The summed E-state index contributed by atoms with van der Waals surface area (Å²) in [5.74, 6) is -0.0504. The Morgan fingerprint density at radius 1 is 1.62 bits per heavy atom. The molecule has 0 saturated carbocycles. The Balaban J connectivity index is 3.70. The molecule has 0 bridgehead atoms. The lowest BCUT2D eigenvalue weighted by Gasteiger charge is -1.87. The van der Waals surface area contributed by atoms with Crippen LogP contribution in [0.15, 0.2) is 11.6 Å². The van der Waals surface area contributed by atoms with Gasteiger partial charge in [-0.15, -0.1) is 0 Å². The monoisotopic (exact) mass is 225 g/mol. The Kier molecular flexibility index (Phi) is 3.85. The topological polar surface area (TPSA) is 29.1 Å². The quantitative estimate of drug-likeness (QED) is 0.408. The number of hydrogen-bond donors (Lipinski definition) is 1. The minimum absolute atomic E-state index is 0.0504. The first-order valence-corrected chi connectivity index (χ1v) is 3.30. The van der Waals surface area contributed by atoms with Crippen LogP contribution in [0.2, 0.25) is 0 Å². The molecule has 0 unspecified atom stereocenters. The fourth-order valence-corrected chi connectivity index (χ4v) is 0.445. The van der Waals surface area contributed by atoms with Crippen LogP contribution in [0.1, 0.15) is 13.8 Å². The second-order valence-corrected chi connectivity index (χ2v) is 2.22. The molecule has 0 aliphatic heterocycles. The molecule has 0 aliphatic rings. The first-order chi connectivity index (χ1) is 3.66. The van der Waals surface area contributed by atoms with Crippen molar-refractivity contribution in [2.75, 3.05) is 0 Å². The maximum atomic E-state index is 10.4. The van der Waals surface area contributed by atoms with E-state index in [2.05, 4.69) is 3.53 Å². The first-order valence-electron chi connectivity index (χ1n) is 2.22. The van der Waals surface area contributed by atoms with Crippen LogP contribution in [-0.2, 0) is 4.79 Å². The summed E-state index contributed by atoms with van der Waals surface area (Å²) in [4.78, 5) is 10.4. The normalized spacial score (nSPS) is 7.88. The third kappa shape index (κ3) is 4.11. The number of carbonyl (C=O) groups is 1. The molecule has 46 valence electrons. The third-order valence-corrected chi connectivity index (χ3v) is 1.04. The lowest BCUT2D eigenvalue weighted by Crippen LogP contribution is -2.06. The van der Waals surface area contributed by atoms with Crippen molar-refractivity contribution in [3.63, 3.8) is 0 Å². The molecular formula is C5H8INO. The van der Waals surface area contributed by atoms with Gasteiger partial charge in [-0.3, -0.25) is 8.32 Å².